The molecule has 1 aliphatic heterocycles. The molecule has 2 heterocycles. The highest BCUT2D eigenvalue weighted by molar-refractivity contribution is 5.75. The summed E-state index contributed by atoms with van der Waals surface area (Å²) in [5.41, 5.74) is 4.51. The van der Waals surface area contributed by atoms with Crippen LogP contribution < -0.4 is 9.47 Å². The lowest BCUT2D eigenvalue weighted by molar-refractivity contribution is 0.236. The third kappa shape index (κ3) is 3.66. The van der Waals surface area contributed by atoms with E-state index in [4.69, 9.17) is 9.47 Å². The van der Waals surface area contributed by atoms with E-state index in [9.17, 15) is 0 Å². The van der Waals surface area contributed by atoms with Gasteiger partial charge in [0.25, 0.3) is 0 Å². The Kier molecular flexibility index (Phi) is 4.56. The van der Waals surface area contributed by atoms with Gasteiger partial charge in [0.05, 0.1) is 6.61 Å². The molecule has 1 aliphatic rings. The summed E-state index contributed by atoms with van der Waals surface area (Å²) in [6.07, 6.45) is 3.09. The average Bonchev–Trinajstić information content (AvgIpc) is 2.51. The van der Waals surface area contributed by atoms with Gasteiger partial charge in [0.1, 0.15) is 18.1 Å². The molecular formula is C20H25NO2. The van der Waals surface area contributed by atoms with E-state index in [2.05, 4.69) is 37.9 Å². The molecule has 1 aromatic carbocycles. The summed E-state index contributed by atoms with van der Waals surface area (Å²) >= 11 is 0. The van der Waals surface area contributed by atoms with Gasteiger partial charge in [-0.1, -0.05) is 20.8 Å². The summed E-state index contributed by atoms with van der Waals surface area (Å²) in [4.78, 5) is 4.35. The minimum absolute atomic E-state index is 0.557. The minimum atomic E-state index is 0.557. The van der Waals surface area contributed by atoms with Crippen LogP contribution in [0.15, 0.2) is 30.5 Å². The Morgan fingerprint density at radius 3 is 2.78 bits per heavy atom. The maximum atomic E-state index is 5.95. The molecule has 23 heavy (non-hydrogen) atoms. The molecule has 0 amide bonds. The lowest BCUT2D eigenvalue weighted by atomic mass is 9.98. The number of fused-ring (bicyclic) bond motifs is 3. The van der Waals surface area contributed by atoms with Gasteiger partial charge >= 0.3 is 0 Å². The van der Waals surface area contributed by atoms with Crippen molar-refractivity contribution < 1.29 is 9.47 Å². The van der Waals surface area contributed by atoms with E-state index in [1.54, 1.807) is 0 Å². The van der Waals surface area contributed by atoms with E-state index >= 15 is 0 Å². The monoisotopic (exact) mass is 311 g/mol. The predicted molar refractivity (Wildman–Crippen MR) is 92.9 cm³/mol. The maximum absolute atomic E-state index is 5.95. The minimum Gasteiger partial charge on any atom is -0.493 e. The Labute approximate surface area is 138 Å². The molecule has 0 N–H and O–H groups in total. The van der Waals surface area contributed by atoms with Gasteiger partial charge in [-0.3, -0.25) is 4.98 Å². The second kappa shape index (κ2) is 6.61. The fourth-order valence-electron chi connectivity index (χ4n) is 3.16. The molecule has 2 aromatic rings. The van der Waals surface area contributed by atoms with E-state index in [1.807, 2.05) is 25.3 Å². The Morgan fingerprint density at radius 1 is 1.17 bits per heavy atom. The van der Waals surface area contributed by atoms with Crippen LogP contribution in [0.1, 0.15) is 38.4 Å². The number of aromatic nitrogens is 1. The van der Waals surface area contributed by atoms with Gasteiger partial charge in [0.2, 0.25) is 0 Å². The molecule has 3 nitrogen and oxygen atoms in total. The van der Waals surface area contributed by atoms with Crippen LogP contribution in [-0.2, 0) is 6.61 Å². The van der Waals surface area contributed by atoms with E-state index < -0.39 is 0 Å². The summed E-state index contributed by atoms with van der Waals surface area (Å²) < 4.78 is 11.8. The molecule has 0 radical (unpaired) electrons. The van der Waals surface area contributed by atoms with Gasteiger partial charge in [-0.25, -0.2) is 0 Å². The van der Waals surface area contributed by atoms with Crippen molar-refractivity contribution in [1.29, 1.82) is 0 Å². The lowest BCUT2D eigenvalue weighted by Gasteiger charge is -2.22. The Morgan fingerprint density at radius 2 is 2.00 bits per heavy atom. The van der Waals surface area contributed by atoms with Crippen LogP contribution in [0.3, 0.4) is 0 Å². The first-order valence-electron chi connectivity index (χ1n) is 8.38. The molecule has 0 aliphatic carbocycles. The first-order chi connectivity index (χ1) is 11.0. The van der Waals surface area contributed by atoms with E-state index in [-0.39, 0.29) is 0 Å². The standard InChI is InChI=1S/C20H25NO2/c1-13(2)7-14(3)11-22-17-5-6-18-19-8-15(4)21-10-16(19)12-23-20(18)9-17/h5-6,8-10,13-14H,7,11-12H2,1-4H3/t14-/m0/s1. The first-order valence-corrected chi connectivity index (χ1v) is 8.38. The molecule has 0 saturated carbocycles. The number of pyridine rings is 1. The summed E-state index contributed by atoms with van der Waals surface area (Å²) in [6, 6.07) is 8.27. The number of benzene rings is 1. The largest absolute Gasteiger partial charge is 0.493 e. The maximum Gasteiger partial charge on any atom is 0.131 e. The van der Waals surface area contributed by atoms with Gasteiger partial charge in [0.15, 0.2) is 0 Å². The second-order valence-corrected chi connectivity index (χ2v) is 6.98. The molecular weight excluding hydrogens is 286 g/mol. The van der Waals surface area contributed by atoms with E-state index in [0.29, 0.717) is 18.4 Å². The SMILES string of the molecule is Cc1cc2c(cn1)COc1cc(OC[C@@H](C)CC(C)C)ccc1-2. The normalized spacial score (nSPS) is 14.0. The van der Waals surface area contributed by atoms with Crippen LogP contribution in [0.4, 0.5) is 0 Å². The van der Waals surface area contributed by atoms with Crippen LogP contribution in [0.5, 0.6) is 11.5 Å². The van der Waals surface area contributed by atoms with Crippen LogP contribution in [0.2, 0.25) is 0 Å². The topological polar surface area (TPSA) is 31.4 Å². The summed E-state index contributed by atoms with van der Waals surface area (Å²) in [5.74, 6) is 3.04. The molecule has 1 atom stereocenters. The third-order valence-electron chi connectivity index (χ3n) is 4.16. The van der Waals surface area contributed by atoms with Gasteiger partial charge in [-0.2, -0.15) is 0 Å². The highest BCUT2D eigenvalue weighted by Gasteiger charge is 2.18. The van der Waals surface area contributed by atoms with Gasteiger partial charge in [-0.05, 0) is 48.9 Å². The molecule has 0 unspecified atom stereocenters. The fourth-order valence-corrected chi connectivity index (χ4v) is 3.16. The van der Waals surface area contributed by atoms with Gasteiger partial charge in [0, 0.05) is 29.1 Å². The molecule has 0 bridgehead atoms. The summed E-state index contributed by atoms with van der Waals surface area (Å²) in [7, 11) is 0. The van der Waals surface area contributed by atoms with Crippen molar-refractivity contribution in [3.8, 4) is 22.6 Å². The first kappa shape index (κ1) is 15.9. The van der Waals surface area contributed by atoms with Crippen molar-refractivity contribution in [2.24, 2.45) is 11.8 Å². The predicted octanol–water partition coefficient (Wildman–Crippen LogP) is 5.01. The highest BCUT2D eigenvalue weighted by Crippen LogP contribution is 2.39. The number of aryl methyl sites for hydroxylation is 1. The number of ether oxygens (including phenoxy) is 2. The molecule has 0 fully saturated rings. The Bertz CT molecular complexity index is 694. The number of hydrogen-bond acceptors (Lipinski definition) is 3. The van der Waals surface area contributed by atoms with Gasteiger partial charge in [-0.15, -0.1) is 0 Å². The molecule has 3 rings (SSSR count). The smallest absolute Gasteiger partial charge is 0.131 e. The van der Waals surface area contributed by atoms with Gasteiger partial charge < -0.3 is 9.47 Å². The molecule has 122 valence electrons. The Balaban J connectivity index is 1.76. The van der Waals surface area contributed by atoms with Crippen LogP contribution in [-0.4, -0.2) is 11.6 Å². The zero-order chi connectivity index (χ0) is 16.4. The van der Waals surface area contributed by atoms with Crippen molar-refractivity contribution in [3.05, 3.63) is 41.7 Å². The number of nitrogens with zero attached hydrogens (tertiary/aromatic N) is 1. The van der Waals surface area contributed by atoms with Crippen LogP contribution in [0, 0.1) is 18.8 Å². The molecule has 0 spiro atoms. The van der Waals surface area contributed by atoms with E-state index in [0.717, 1.165) is 34.9 Å². The second-order valence-electron chi connectivity index (χ2n) is 6.98. The average molecular weight is 311 g/mol. The summed E-state index contributed by atoms with van der Waals surface area (Å²) in [6.45, 7) is 10.1. The zero-order valence-electron chi connectivity index (χ0n) is 14.4. The van der Waals surface area contributed by atoms with Crippen molar-refractivity contribution in [1.82, 2.24) is 4.98 Å². The summed E-state index contributed by atoms with van der Waals surface area (Å²) in [5, 5.41) is 0. The zero-order valence-corrected chi connectivity index (χ0v) is 14.4. The molecule has 3 heteroatoms. The van der Waals surface area contributed by atoms with Crippen molar-refractivity contribution in [2.75, 3.05) is 6.61 Å². The number of hydrogen-bond donors (Lipinski definition) is 0. The Hall–Kier alpha value is -2.03. The third-order valence-corrected chi connectivity index (χ3v) is 4.16. The molecule has 1 aromatic heterocycles. The molecule has 0 saturated heterocycles. The number of rotatable bonds is 5. The fraction of sp³-hybridized carbons (Fsp3) is 0.450. The van der Waals surface area contributed by atoms with Crippen molar-refractivity contribution in [3.63, 3.8) is 0 Å². The van der Waals surface area contributed by atoms with Crippen molar-refractivity contribution >= 4 is 0 Å². The van der Waals surface area contributed by atoms with E-state index in [1.165, 1.54) is 12.0 Å². The van der Waals surface area contributed by atoms with Crippen LogP contribution in [0.25, 0.3) is 11.1 Å². The van der Waals surface area contributed by atoms with Crippen LogP contribution >= 0.6 is 0 Å². The quantitative estimate of drug-likeness (QED) is 0.777. The lowest BCUT2D eigenvalue weighted by Crippen LogP contribution is -2.11. The highest BCUT2D eigenvalue weighted by atomic mass is 16.5. The van der Waals surface area contributed by atoms with Crippen molar-refractivity contribution in [2.45, 2.75) is 40.7 Å².